The summed E-state index contributed by atoms with van der Waals surface area (Å²) >= 11 is 0. The topological polar surface area (TPSA) is 60.4 Å². The number of carbonyl (C=O) groups excluding carboxylic acids is 1. The van der Waals surface area contributed by atoms with Gasteiger partial charge in [0.25, 0.3) is 0 Å². The first-order chi connectivity index (χ1) is 9.01. The lowest BCUT2D eigenvalue weighted by molar-refractivity contribution is -0.154. The average molecular weight is 306 g/mol. The SMILES string of the molecule is CC(C)(C)OC(=O)CCS(=O)(=O)c1ccc(F)c(F)c1. The van der Waals surface area contributed by atoms with Crippen molar-refractivity contribution in [2.75, 3.05) is 5.75 Å². The van der Waals surface area contributed by atoms with Gasteiger partial charge in [-0.3, -0.25) is 4.79 Å². The molecular weight excluding hydrogens is 290 g/mol. The van der Waals surface area contributed by atoms with E-state index in [9.17, 15) is 22.0 Å². The lowest BCUT2D eigenvalue weighted by atomic mass is 10.2. The monoisotopic (exact) mass is 306 g/mol. The second-order valence-corrected chi connectivity index (χ2v) is 7.34. The van der Waals surface area contributed by atoms with E-state index in [-0.39, 0.29) is 11.3 Å². The Morgan fingerprint density at radius 3 is 2.30 bits per heavy atom. The maximum Gasteiger partial charge on any atom is 0.307 e. The highest BCUT2D eigenvalue weighted by atomic mass is 32.2. The summed E-state index contributed by atoms with van der Waals surface area (Å²) < 4.78 is 54.5. The summed E-state index contributed by atoms with van der Waals surface area (Å²) in [5.41, 5.74) is -0.706. The van der Waals surface area contributed by atoms with Crippen LogP contribution in [0.4, 0.5) is 8.78 Å². The van der Waals surface area contributed by atoms with Gasteiger partial charge in [0, 0.05) is 0 Å². The number of ether oxygens (including phenoxy) is 1. The first kappa shape index (κ1) is 16.6. The maximum absolute atomic E-state index is 13.0. The van der Waals surface area contributed by atoms with E-state index in [1.165, 1.54) is 0 Å². The van der Waals surface area contributed by atoms with E-state index in [1.54, 1.807) is 20.8 Å². The Morgan fingerprint density at radius 1 is 1.20 bits per heavy atom. The van der Waals surface area contributed by atoms with E-state index in [0.717, 1.165) is 12.1 Å². The van der Waals surface area contributed by atoms with Crippen LogP contribution in [0, 0.1) is 11.6 Å². The maximum atomic E-state index is 13.0. The van der Waals surface area contributed by atoms with Gasteiger partial charge in [-0.15, -0.1) is 0 Å². The molecule has 0 atom stereocenters. The van der Waals surface area contributed by atoms with Gasteiger partial charge in [-0.1, -0.05) is 0 Å². The number of esters is 1. The molecule has 0 N–H and O–H groups in total. The molecule has 0 aliphatic rings. The first-order valence-corrected chi connectivity index (χ1v) is 7.56. The van der Waals surface area contributed by atoms with E-state index in [0.29, 0.717) is 6.07 Å². The minimum absolute atomic E-state index is 0.349. The first-order valence-electron chi connectivity index (χ1n) is 5.91. The molecule has 0 radical (unpaired) electrons. The van der Waals surface area contributed by atoms with Crippen LogP contribution in [0.15, 0.2) is 23.1 Å². The van der Waals surface area contributed by atoms with Crippen LogP contribution >= 0.6 is 0 Å². The van der Waals surface area contributed by atoms with Gasteiger partial charge >= 0.3 is 5.97 Å². The highest BCUT2D eigenvalue weighted by Crippen LogP contribution is 2.17. The Labute approximate surface area is 116 Å². The van der Waals surface area contributed by atoms with Crippen LogP contribution in [0.1, 0.15) is 27.2 Å². The molecule has 1 rings (SSSR count). The Kier molecular flexibility index (Phi) is 4.86. The predicted octanol–water partition coefficient (Wildman–Crippen LogP) is 2.47. The molecule has 0 aromatic heterocycles. The molecule has 0 bridgehead atoms. The second kappa shape index (κ2) is 5.87. The zero-order valence-electron chi connectivity index (χ0n) is 11.4. The van der Waals surface area contributed by atoms with Crippen molar-refractivity contribution in [2.24, 2.45) is 0 Å². The molecule has 0 aliphatic carbocycles. The quantitative estimate of drug-likeness (QED) is 0.633. The average Bonchev–Trinajstić information content (AvgIpc) is 2.28. The molecule has 0 unspecified atom stereocenters. The van der Waals surface area contributed by atoms with Gasteiger partial charge in [0.05, 0.1) is 17.1 Å². The summed E-state index contributed by atoms with van der Waals surface area (Å²) in [6, 6.07) is 2.29. The third-order valence-corrected chi connectivity index (χ3v) is 3.96. The number of benzene rings is 1. The fourth-order valence-electron chi connectivity index (χ4n) is 1.40. The molecule has 1 aromatic rings. The normalized spacial score (nSPS) is 12.2. The molecule has 0 aliphatic heterocycles. The van der Waals surface area contributed by atoms with Crippen molar-refractivity contribution in [3.63, 3.8) is 0 Å². The van der Waals surface area contributed by atoms with Gasteiger partial charge < -0.3 is 4.74 Å². The van der Waals surface area contributed by atoms with Crippen LogP contribution in [-0.2, 0) is 19.4 Å². The van der Waals surface area contributed by atoms with Gasteiger partial charge in [-0.2, -0.15) is 0 Å². The van der Waals surface area contributed by atoms with Crippen molar-refractivity contribution >= 4 is 15.8 Å². The van der Waals surface area contributed by atoms with E-state index in [1.807, 2.05) is 0 Å². The van der Waals surface area contributed by atoms with E-state index >= 15 is 0 Å². The summed E-state index contributed by atoms with van der Waals surface area (Å²) in [4.78, 5) is 11.1. The Balaban J connectivity index is 2.76. The van der Waals surface area contributed by atoms with Crippen molar-refractivity contribution in [2.45, 2.75) is 37.7 Å². The molecule has 112 valence electrons. The summed E-state index contributed by atoms with van der Waals surface area (Å²) in [5.74, 6) is -3.56. The molecule has 7 heteroatoms. The number of rotatable bonds is 4. The highest BCUT2D eigenvalue weighted by Gasteiger charge is 2.21. The van der Waals surface area contributed by atoms with Gasteiger partial charge in [-0.05, 0) is 39.0 Å². The summed E-state index contributed by atoms with van der Waals surface area (Å²) in [5, 5.41) is 0. The van der Waals surface area contributed by atoms with Gasteiger partial charge in [0.15, 0.2) is 21.5 Å². The van der Waals surface area contributed by atoms with E-state index in [4.69, 9.17) is 4.74 Å². The van der Waals surface area contributed by atoms with Crippen molar-refractivity contribution in [1.29, 1.82) is 0 Å². The van der Waals surface area contributed by atoms with Crippen molar-refractivity contribution in [1.82, 2.24) is 0 Å². The van der Waals surface area contributed by atoms with Crippen LogP contribution < -0.4 is 0 Å². The fraction of sp³-hybridized carbons (Fsp3) is 0.462. The molecule has 0 heterocycles. The molecule has 20 heavy (non-hydrogen) atoms. The molecule has 0 saturated carbocycles. The van der Waals surface area contributed by atoms with E-state index in [2.05, 4.69) is 0 Å². The van der Waals surface area contributed by atoms with E-state index < -0.39 is 38.8 Å². The number of hydrogen-bond donors (Lipinski definition) is 0. The number of halogens is 2. The molecular formula is C13H16F2O4S. The molecule has 1 aromatic carbocycles. The number of sulfone groups is 1. The van der Waals surface area contributed by atoms with Gasteiger partial charge in [0.1, 0.15) is 5.60 Å². The smallest absolute Gasteiger partial charge is 0.307 e. The van der Waals surface area contributed by atoms with Crippen molar-refractivity contribution in [3.8, 4) is 0 Å². The standard InChI is InChI=1S/C13H16F2O4S/c1-13(2,3)19-12(16)6-7-20(17,18)9-4-5-10(14)11(15)8-9/h4-5,8H,6-7H2,1-3H3. The number of hydrogen-bond acceptors (Lipinski definition) is 4. The lowest BCUT2D eigenvalue weighted by Gasteiger charge is -2.19. The van der Waals surface area contributed by atoms with Crippen LogP contribution in [-0.4, -0.2) is 25.7 Å². The minimum atomic E-state index is -3.86. The highest BCUT2D eigenvalue weighted by molar-refractivity contribution is 7.91. The largest absolute Gasteiger partial charge is 0.460 e. The van der Waals surface area contributed by atoms with Crippen LogP contribution in [0.2, 0.25) is 0 Å². The zero-order chi connectivity index (χ0) is 15.6. The van der Waals surface area contributed by atoms with Crippen molar-refractivity contribution < 1.29 is 26.7 Å². The Hall–Kier alpha value is -1.50. The summed E-state index contributed by atoms with van der Waals surface area (Å²) in [6.07, 6.45) is -0.349. The predicted molar refractivity (Wildman–Crippen MR) is 68.9 cm³/mol. The van der Waals surface area contributed by atoms with Gasteiger partial charge in [0.2, 0.25) is 0 Å². The molecule has 4 nitrogen and oxygen atoms in total. The lowest BCUT2D eigenvalue weighted by Crippen LogP contribution is -2.25. The van der Waals surface area contributed by atoms with Crippen molar-refractivity contribution in [3.05, 3.63) is 29.8 Å². The Morgan fingerprint density at radius 2 is 1.80 bits per heavy atom. The molecule has 0 spiro atoms. The zero-order valence-corrected chi connectivity index (χ0v) is 12.3. The fourth-order valence-corrected chi connectivity index (χ4v) is 2.63. The third-order valence-electron chi connectivity index (χ3n) is 2.25. The van der Waals surface area contributed by atoms with Gasteiger partial charge in [-0.25, -0.2) is 17.2 Å². The Bertz CT molecular complexity index is 603. The summed E-state index contributed by atoms with van der Waals surface area (Å²) in [6.45, 7) is 4.98. The van der Waals surface area contributed by atoms with Crippen LogP contribution in [0.5, 0.6) is 0 Å². The minimum Gasteiger partial charge on any atom is -0.460 e. The number of carbonyl (C=O) groups is 1. The molecule has 0 amide bonds. The third kappa shape index (κ3) is 4.88. The molecule has 0 fully saturated rings. The van der Waals surface area contributed by atoms with Crippen LogP contribution in [0.3, 0.4) is 0 Å². The summed E-state index contributed by atoms with van der Waals surface area (Å²) in [7, 11) is -3.86. The second-order valence-electron chi connectivity index (χ2n) is 5.23. The van der Waals surface area contributed by atoms with Crippen LogP contribution in [0.25, 0.3) is 0 Å². The molecule has 0 saturated heterocycles.